The molecule has 0 atom stereocenters. The number of halogens is 4. The molecule has 0 aliphatic rings. The number of nitriles is 1. The molecule has 96 valence electrons. The van der Waals surface area contributed by atoms with E-state index in [1.54, 1.807) is 6.07 Å². The van der Waals surface area contributed by atoms with Gasteiger partial charge in [0.1, 0.15) is 17.7 Å². The second-order valence-electron chi connectivity index (χ2n) is 3.81. The van der Waals surface area contributed by atoms with Gasteiger partial charge in [0.05, 0.1) is 4.47 Å². The minimum Gasteiger partial charge on any atom is -0.244 e. The molecule has 0 aliphatic heterocycles. The lowest BCUT2D eigenvalue weighted by Crippen LogP contribution is -1.97. The van der Waals surface area contributed by atoms with Gasteiger partial charge >= 0.3 is 0 Å². The Hall–Kier alpha value is -1.51. The van der Waals surface area contributed by atoms with Gasteiger partial charge in [0.2, 0.25) is 0 Å². The molecule has 0 amide bonds. The Morgan fingerprint density at radius 2 is 2.05 bits per heavy atom. The van der Waals surface area contributed by atoms with E-state index in [1.807, 2.05) is 6.07 Å². The fourth-order valence-corrected chi connectivity index (χ4v) is 2.35. The Balaban J connectivity index is 2.37. The SMILES string of the molecule is N#Cc1ncc(Cc2c(F)cc(F)cc2Cl)cc1Br. The fraction of sp³-hybridized carbons (Fsp3) is 0.0769. The molecule has 0 saturated heterocycles. The third kappa shape index (κ3) is 3.09. The van der Waals surface area contributed by atoms with Gasteiger partial charge in [-0.2, -0.15) is 5.26 Å². The van der Waals surface area contributed by atoms with Gasteiger partial charge < -0.3 is 0 Å². The second-order valence-corrected chi connectivity index (χ2v) is 5.07. The zero-order chi connectivity index (χ0) is 14.0. The number of benzene rings is 1. The summed E-state index contributed by atoms with van der Waals surface area (Å²) in [5.41, 5.74) is 1.11. The van der Waals surface area contributed by atoms with Crippen LogP contribution in [0.2, 0.25) is 5.02 Å². The number of aromatic nitrogens is 1. The molecule has 1 aromatic heterocycles. The van der Waals surface area contributed by atoms with Gasteiger partial charge in [-0.15, -0.1) is 0 Å². The summed E-state index contributed by atoms with van der Waals surface area (Å²) >= 11 is 9.02. The van der Waals surface area contributed by atoms with Gasteiger partial charge in [0.15, 0.2) is 5.69 Å². The van der Waals surface area contributed by atoms with E-state index in [9.17, 15) is 8.78 Å². The molecule has 0 spiro atoms. The van der Waals surface area contributed by atoms with E-state index in [0.29, 0.717) is 10.0 Å². The first-order chi connectivity index (χ1) is 9.01. The molecule has 6 heteroatoms. The van der Waals surface area contributed by atoms with Crippen LogP contribution in [0.5, 0.6) is 0 Å². The molecule has 0 aliphatic carbocycles. The van der Waals surface area contributed by atoms with Crippen LogP contribution in [-0.2, 0) is 6.42 Å². The Labute approximate surface area is 121 Å². The molecule has 2 rings (SSSR count). The monoisotopic (exact) mass is 342 g/mol. The van der Waals surface area contributed by atoms with Crippen LogP contribution in [0, 0.1) is 23.0 Å². The van der Waals surface area contributed by atoms with E-state index in [4.69, 9.17) is 16.9 Å². The lowest BCUT2D eigenvalue weighted by atomic mass is 10.1. The zero-order valence-corrected chi connectivity index (χ0v) is 11.8. The zero-order valence-electron chi connectivity index (χ0n) is 9.42. The number of rotatable bonds is 2. The smallest absolute Gasteiger partial charge is 0.154 e. The summed E-state index contributed by atoms with van der Waals surface area (Å²) in [5, 5.41) is 8.78. The molecule has 0 saturated carbocycles. The second kappa shape index (κ2) is 5.64. The molecule has 1 aromatic carbocycles. The molecule has 0 bridgehead atoms. The van der Waals surface area contributed by atoms with E-state index in [0.717, 1.165) is 12.1 Å². The Bertz CT molecular complexity index is 660. The van der Waals surface area contributed by atoms with Crippen molar-refractivity contribution in [2.75, 3.05) is 0 Å². The molecule has 0 unspecified atom stereocenters. The lowest BCUT2D eigenvalue weighted by molar-refractivity contribution is 0.574. The number of pyridine rings is 1. The molecule has 2 nitrogen and oxygen atoms in total. The Kier molecular flexibility index (Phi) is 4.13. The minimum absolute atomic E-state index is 0.0259. The Morgan fingerprint density at radius 3 is 2.63 bits per heavy atom. The molecular weight excluding hydrogens is 338 g/mol. The van der Waals surface area contributed by atoms with Crippen LogP contribution in [0.15, 0.2) is 28.9 Å². The van der Waals surface area contributed by atoms with Gasteiger partial charge in [-0.3, -0.25) is 0 Å². The van der Waals surface area contributed by atoms with Crippen molar-refractivity contribution in [3.05, 3.63) is 62.3 Å². The summed E-state index contributed by atoms with van der Waals surface area (Å²) < 4.78 is 27.1. The summed E-state index contributed by atoms with van der Waals surface area (Å²) in [7, 11) is 0. The first-order valence-corrected chi connectivity index (χ1v) is 6.36. The molecule has 1 heterocycles. The first kappa shape index (κ1) is 13.9. The summed E-state index contributed by atoms with van der Waals surface area (Å²) in [6, 6.07) is 5.41. The predicted octanol–water partition coefficient (Wildman–Crippen LogP) is 4.24. The van der Waals surface area contributed by atoms with Crippen molar-refractivity contribution >= 4 is 27.5 Å². The van der Waals surface area contributed by atoms with Gasteiger partial charge in [0, 0.05) is 29.3 Å². The number of hydrogen-bond donors (Lipinski definition) is 0. The molecule has 0 radical (unpaired) electrons. The van der Waals surface area contributed by atoms with Gasteiger partial charge in [-0.25, -0.2) is 13.8 Å². The van der Waals surface area contributed by atoms with E-state index in [1.165, 1.54) is 6.20 Å². The van der Waals surface area contributed by atoms with Crippen molar-refractivity contribution < 1.29 is 8.78 Å². The number of hydrogen-bond acceptors (Lipinski definition) is 2. The molecule has 19 heavy (non-hydrogen) atoms. The van der Waals surface area contributed by atoms with E-state index < -0.39 is 11.6 Å². The normalized spacial score (nSPS) is 10.3. The topological polar surface area (TPSA) is 36.7 Å². The summed E-state index contributed by atoms with van der Waals surface area (Å²) in [4.78, 5) is 3.92. The predicted molar refractivity (Wildman–Crippen MR) is 70.8 cm³/mol. The van der Waals surface area contributed by atoms with Crippen molar-refractivity contribution in [1.29, 1.82) is 5.26 Å². The quantitative estimate of drug-likeness (QED) is 0.818. The van der Waals surface area contributed by atoms with E-state index >= 15 is 0 Å². The van der Waals surface area contributed by atoms with Crippen molar-refractivity contribution in [2.45, 2.75) is 6.42 Å². The summed E-state index contributed by atoms with van der Waals surface area (Å²) in [6.45, 7) is 0. The lowest BCUT2D eigenvalue weighted by Gasteiger charge is -2.07. The molecule has 0 fully saturated rings. The first-order valence-electron chi connectivity index (χ1n) is 5.19. The fourth-order valence-electron chi connectivity index (χ4n) is 1.60. The third-order valence-electron chi connectivity index (χ3n) is 2.49. The van der Waals surface area contributed by atoms with Gasteiger partial charge in [-0.1, -0.05) is 11.6 Å². The highest BCUT2D eigenvalue weighted by Gasteiger charge is 2.12. The highest BCUT2D eigenvalue weighted by molar-refractivity contribution is 9.10. The maximum atomic E-state index is 13.6. The Morgan fingerprint density at radius 1 is 1.32 bits per heavy atom. The van der Waals surface area contributed by atoms with Crippen LogP contribution in [-0.4, -0.2) is 4.98 Å². The number of nitrogens with zero attached hydrogens (tertiary/aromatic N) is 2. The van der Waals surface area contributed by atoms with Crippen molar-refractivity contribution in [3.63, 3.8) is 0 Å². The maximum Gasteiger partial charge on any atom is 0.154 e. The van der Waals surface area contributed by atoms with Crippen LogP contribution >= 0.6 is 27.5 Å². The largest absolute Gasteiger partial charge is 0.244 e. The maximum absolute atomic E-state index is 13.6. The van der Waals surface area contributed by atoms with Crippen LogP contribution < -0.4 is 0 Å². The van der Waals surface area contributed by atoms with Crippen molar-refractivity contribution in [3.8, 4) is 6.07 Å². The minimum atomic E-state index is -0.717. The average molecular weight is 344 g/mol. The summed E-state index contributed by atoms with van der Waals surface area (Å²) in [5.74, 6) is -1.42. The highest BCUT2D eigenvalue weighted by Crippen LogP contribution is 2.25. The van der Waals surface area contributed by atoms with Crippen LogP contribution in [0.3, 0.4) is 0 Å². The van der Waals surface area contributed by atoms with E-state index in [2.05, 4.69) is 20.9 Å². The molecule has 0 N–H and O–H groups in total. The van der Waals surface area contributed by atoms with E-state index in [-0.39, 0.29) is 22.7 Å². The van der Waals surface area contributed by atoms with Crippen LogP contribution in [0.25, 0.3) is 0 Å². The van der Waals surface area contributed by atoms with Crippen LogP contribution in [0.1, 0.15) is 16.8 Å². The van der Waals surface area contributed by atoms with Gasteiger partial charge in [-0.05, 0) is 33.6 Å². The van der Waals surface area contributed by atoms with Crippen molar-refractivity contribution in [1.82, 2.24) is 4.98 Å². The third-order valence-corrected chi connectivity index (χ3v) is 3.43. The highest BCUT2D eigenvalue weighted by atomic mass is 79.9. The van der Waals surface area contributed by atoms with Gasteiger partial charge in [0.25, 0.3) is 0 Å². The van der Waals surface area contributed by atoms with Crippen molar-refractivity contribution in [2.24, 2.45) is 0 Å². The molecular formula is C13H6BrClF2N2. The molecule has 2 aromatic rings. The standard InChI is InChI=1S/C13H6BrClF2N2/c14-10-2-7(6-19-13(10)5-18)1-9-11(15)3-8(16)4-12(9)17/h2-4,6H,1H2. The van der Waals surface area contributed by atoms with Crippen LogP contribution in [0.4, 0.5) is 8.78 Å². The average Bonchev–Trinajstić information content (AvgIpc) is 2.34. The summed E-state index contributed by atoms with van der Waals surface area (Å²) in [6.07, 6.45) is 1.63.